The Hall–Kier alpha value is -2.03. The number of nitrogens with zero attached hydrogens (tertiary/aromatic N) is 1. The van der Waals surface area contributed by atoms with Gasteiger partial charge in [0, 0.05) is 5.56 Å². The third-order valence-corrected chi connectivity index (χ3v) is 6.22. The van der Waals surface area contributed by atoms with E-state index in [1.807, 2.05) is 0 Å². The van der Waals surface area contributed by atoms with Gasteiger partial charge in [-0.25, -0.2) is 4.98 Å². The fourth-order valence-electron chi connectivity index (χ4n) is 2.95. The van der Waals surface area contributed by atoms with E-state index < -0.39 is 32.3 Å². The topological polar surface area (TPSA) is 39.2 Å². The van der Waals surface area contributed by atoms with Gasteiger partial charge in [-0.2, -0.15) is 13.2 Å². The number of rotatable bonds is 6. The van der Waals surface area contributed by atoms with Gasteiger partial charge in [-0.1, -0.05) is 42.5 Å². The molecule has 3 aromatic rings. The van der Waals surface area contributed by atoms with E-state index in [0.29, 0.717) is 10.2 Å². The van der Waals surface area contributed by atoms with Gasteiger partial charge in [0.15, 0.2) is 14.1 Å². The predicted molar refractivity (Wildman–Crippen MR) is 107 cm³/mol. The molecule has 148 valence electrons. The summed E-state index contributed by atoms with van der Waals surface area (Å²) in [5.74, 6) is -0.629. The van der Waals surface area contributed by atoms with Crippen LogP contribution >= 0.6 is 11.3 Å². The maximum atomic E-state index is 14.5. The summed E-state index contributed by atoms with van der Waals surface area (Å²) in [4.78, 5) is 17.0. The lowest BCUT2D eigenvalue weighted by Crippen LogP contribution is -2.52. The Morgan fingerprint density at radius 3 is 2.21 bits per heavy atom. The highest BCUT2D eigenvalue weighted by Gasteiger charge is 2.61. The second kappa shape index (κ2) is 7.42. The van der Waals surface area contributed by atoms with Crippen LogP contribution in [0, 0.1) is 0 Å². The minimum atomic E-state index is -4.80. The highest BCUT2D eigenvalue weighted by Crippen LogP contribution is 2.49. The summed E-state index contributed by atoms with van der Waals surface area (Å²) in [7, 11) is -2.71. The minimum Gasteiger partial charge on any atom is -0.398 e. The Kier molecular flexibility index (Phi) is 5.48. The molecule has 3 rings (SSSR count). The lowest BCUT2D eigenvalue weighted by atomic mass is 9.93. The average molecular weight is 424 g/mol. The quantitative estimate of drug-likeness (QED) is 0.351. The van der Waals surface area contributed by atoms with Crippen molar-refractivity contribution in [3.05, 3.63) is 65.2 Å². The van der Waals surface area contributed by atoms with Crippen LogP contribution in [0.2, 0.25) is 19.6 Å². The van der Waals surface area contributed by atoms with Crippen molar-refractivity contribution in [2.24, 2.45) is 0 Å². The largest absolute Gasteiger partial charge is 0.423 e. The molecule has 0 amide bonds. The monoisotopic (exact) mass is 423 g/mol. The van der Waals surface area contributed by atoms with Crippen molar-refractivity contribution in [1.29, 1.82) is 0 Å². The first kappa shape index (κ1) is 20.7. The van der Waals surface area contributed by atoms with E-state index in [2.05, 4.69) is 4.98 Å². The van der Waals surface area contributed by atoms with Crippen LogP contribution < -0.4 is 0 Å². The summed E-state index contributed by atoms with van der Waals surface area (Å²) in [5, 5.41) is -0.229. The van der Waals surface area contributed by atoms with Gasteiger partial charge in [-0.05, 0) is 31.8 Å². The zero-order valence-corrected chi connectivity index (χ0v) is 17.5. The van der Waals surface area contributed by atoms with Crippen molar-refractivity contribution in [3.63, 3.8) is 0 Å². The lowest BCUT2D eigenvalue weighted by Gasteiger charge is -2.38. The molecule has 0 aliphatic carbocycles. The Morgan fingerprint density at radius 1 is 1.04 bits per heavy atom. The summed E-state index contributed by atoms with van der Waals surface area (Å²) >= 11 is 0.923. The molecule has 3 nitrogen and oxygen atoms in total. The van der Waals surface area contributed by atoms with Gasteiger partial charge in [0.25, 0.3) is 0 Å². The molecule has 0 saturated heterocycles. The zero-order valence-electron chi connectivity index (χ0n) is 15.7. The number of carbonyl (C=O) groups excluding carboxylic acids is 1. The number of aromatic nitrogens is 1. The molecule has 0 saturated carbocycles. The predicted octanol–water partition coefficient (Wildman–Crippen LogP) is 6.18. The van der Waals surface area contributed by atoms with Gasteiger partial charge in [-0.15, -0.1) is 11.3 Å². The normalized spacial score (nSPS) is 14.8. The number of benzene rings is 2. The summed E-state index contributed by atoms with van der Waals surface area (Å²) in [5.41, 5.74) is -2.09. The SMILES string of the molecule is C[Si](C)(C)O[C@](CC(=O)c1ccccc1)(c1nc2ccccc2s1)C(F)(F)F. The van der Waals surface area contributed by atoms with Crippen molar-refractivity contribution in [3.8, 4) is 0 Å². The van der Waals surface area contributed by atoms with E-state index in [-0.39, 0.29) is 10.6 Å². The molecule has 0 spiro atoms. The first-order chi connectivity index (χ1) is 13.0. The van der Waals surface area contributed by atoms with Gasteiger partial charge >= 0.3 is 6.18 Å². The van der Waals surface area contributed by atoms with Crippen LogP contribution in [0.1, 0.15) is 21.8 Å². The molecular weight excluding hydrogens is 403 g/mol. The molecule has 0 fully saturated rings. The van der Waals surface area contributed by atoms with Crippen molar-refractivity contribution in [2.45, 2.75) is 37.8 Å². The average Bonchev–Trinajstić information content (AvgIpc) is 3.04. The van der Waals surface area contributed by atoms with Crippen LogP contribution in [0.5, 0.6) is 0 Å². The van der Waals surface area contributed by atoms with Crippen LogP contribution in [0.25, 0.3) is 10.2 Å². The van der Waals surface area contributed by atoms with Crippen LogP contribution in [-0.4, -0.2) is 25.3 Å². The Bertz CT molecular complexity index is 949. The van der Waals surface area contributed by atoms with Crippen LogP contribution in [0.3, 0.4) is 0 Å². The van der Waals surface area contributed by atoms with E-state index in [4.69, 9.17) is 4.43 Å². The van der Waals surface area contributed by atoms with E-state index in [1.54, 1.807) is 62.1 Å². The molecular formula is C20H20F3NO2SSi. The van der Waals surface area contributed by atoms with E-state index in [9.17, 15) is 18.0 Å². The zero-order chi connectivity index (χ0) is 20.6. The van der Waals surface area contributed by atoms with Crippen molar-refractivity contribution in [1.82, 2.24) is 4.98 Å². The molecule has 0 unspecified atom stereocenters. The van der Waals surface area contributed by atoms with Crippen molar-refractivity contribution in [2.75, 3.05) is 0 Å². The van der Waals surface area contributed by atoms with E-state index in [1.165, 1.54) is 12.1 Å². The minimum absolute atomic E-state index is 0.219. The maximum absolute atomic E-state index is 14.5. The number of ketones is 1. The Morgan fingerprint density at radius 2 is 1.64 bits per heavy atom. The highest BCUT2D eigenvalue weighted by atomic mass is 32.1. The van der Waals surface area contributed by atoms with Crippen LogP contribution in [0.4, 0.5) is 13.2 Å². The molecule has 1 heterocycles. The lowest BCUT2D eigenvalue weighted by molar-refractivity contribution is -0.256. The molecule has 0 N–H and O–H groups in total. The number of fused-ring (bicyclic) bond motifs is 1. The maximum Gasteiger partial charge on any atom is 0.423 e. The number of alkyl halides is 3. The third kappa shape index (κ3) is 4.18. The number of hydrogen-bond acceptors (Lipinski definition) is 4. The number of halogens is 3. The first-order valence-corrected chi connectivity index (χ1v) is 13.0. The van der Waals surface area contributed by atoms with E-state index >= 15 is 0 Å². The van der Waals surface area contributed by atoms with Crippen molar-refractivity contribution >= 4 is 35.7 Å². The highest BCUT2D eigenvalue weighted by molar-refractivity contribution is 7.18. The fraction of sp³-hybridized carbons (Fsp3) is 0.300. The van der Waals surface area contributed by atoms with Crippen LogP contribution in [0.15, 0.2) is 54.6 Å². The summed E-state index contributed by atoms with van der Waals surface area (Å²) in [6.45, 7) is 5.02. The molecule has 28 heavy (non-hydrogen) atoms. The molecule has 0 aliphatic heterocycles. The first-order valence-electron chi connectivity index (χ1n) is 8.73. The van der Waals surface area contributed by atoms with Gasteiger partial charge < -0.3 is 4.43 Å². The van der Waals surface area contributed by atoms with Gasteiger partial charge in [-0.3, -0.25) is 4.79 Å². The molecule has 1 atom stereocenters. The fourth-order valence-corrected chi connectivity index (χ4v) is 5.47. The van der Waals surface area contributed by atoms with Gasteiger partial charge in [0.2, 0.25) is 5.60 Å². The summed E-state index contributed by atoms with van der Waals surface area (Å²) < 4.78 is 49.9. The number of thiazole rings is 1. The molecule has 1 aromatic heterocycles. The second-order valence-electron chi connectivity index (χ2n) is 7.49. The third-order valence-electron chi connectivity index (χ3n) is 4.08. The molecule has 0 bridgehead atoms. The van der Waals surface area contributed by atoms with Gasteiger partial charge in [0.1, 0.15) is 5.01 Å². The number of Topliss-reactive ketones (excluding diaryl/α,β-unsaturated/α-hetero) is 1. The summed E-state index contributed by atoms with van der Waals surface area (Å²) in [6.07, 6.45) is -5.64. The molecule has 8 heteroatoms. The van der Waals surface area contributed by atoms with Crippen LogP contribution in [-0.2, 0) is 10.0 Å². The van der Waals surface area contributed by atoms with E-state index in [0.717, 1.165) is 11.3 Å². The number of carbonyl (C=O) groups is 1. The smallest absolute Gasteiger partial charge is 0.398 e. The molecule has 0 aliphatic rings. The Balaban J connectivity index is 2.17. The van der Waals surface area contributed by atoms with Gasteiger partial charge in [0.05, 0.1) is 16.6 Å². The molecule has 0 radical (unpaired) electrons. The second-order valence-corrected chi connectivity index (χ2v) is 13.0. The molecule has 2 aromatic carbocycles. The van der Waals surface area contributed by atoms with Crippen molar-refractivity contribution < 1.29 is 22.4 Å². The summed E-state index contributed by atoms with van der Waals surface area (Å²) in [6, 6.07) is 14.8. The standard InChI is InChI=1S/C20H20F3NO2SSi/c1-28(2,3)26-19(20(21,22)23,13-16(25)14-9-5-4-6-10-14)18-24-15-11-7-8-12-17(15)27-18/h4-12H,13H2,1-3H3/t19-/m1/s1. The Labute approximate surface area is 166 Å². The number of para-hydroxylation sites is 1. The number of hydrogen-bond donors (Lipinski definition) is 0.